The van der Waals surface area contributed by atoms with Crippen molar-refractivity contribution in [2.24, 2.45) is 0 Å². The first-order valence-corrected chi connectivity index (χ1v) is 13.6. The number of aliphatic hydroxyl groups is 1. The standard InChI is InChI=1S/C27H36O5Si/c1-16-15-19-22-24(17(16)12-10-14-28)31-33(26(2,3)4,27(5,6)7)32-25(22)21-18(23(19)30-8)11-9-13-20(21)29/h10,12,15,28H,9,11,13-14H2,1-8H3/b12-10+. The number of aryl methyl sites for hydroxylation is 1. The zero-order valence-electron chi connectivity index (χ0n) is 21.1. The van der Waals surface area contributed by atoms with Crippen LogP contribution < -0.4 is 13.6 Å². The number of Topliss-reactive ketones (excluding diaryl/α,β-unsaturated/α-hetero) is 1. The molecule has 33 heavy (non-hydrogen) atoms. The fourth-order valence-electron chi connectivity index (χ4n) is 5.69. The Labute approximate surface area is 198 Å². The molecule has 0 bridgehead atoms. The molecule has 1 heterocycles. The van der Waals surface area contributed by atoms with Gasteiger partial charge in [0.2, 0.25) is 0 Å². The minimum atomic E-state index is -3.01. The second-order valence-corrected chi connectivity index (χ2v) is 15.9. The number of aliphatic hydroxyl groups excluding tert-OH is 1. The summed E-state index contributed by atoms with van der Waals surface area (Å²) in [7, 11) is -1.35. The van der Waals surface area contributed by atoms with Crippen molar-refractivity contribution in [3.8, 4) is 17.2 Å². The van der Waals surface area contributed by atoms with Gasteiger partial charge in [0.15, 0.2) is 5.78 Å². The van der Waals surface area contributed by atoms with Crippen molar-refractivity contribution < 1.29 is 23.5 Å². The number of ether oxygens (including phenoxy) is 1. The zero-order valence-corrected chi connectivity index (χ0v) is 22.1. The molecular formula is C27H36O5Si. The van der Waals surface area contributed by atoms with Gasteiger partial charge < -0.3 is 18.7 Å². The van der Waals surface area contributed by atoms with Crippen molar-refractivity contribution in [2.45, 2.75) is 77.8 Å². The average Bonchev–Trinajstić information content (AvgIpc) is 2.71. The van der Waals surface area contributed by atoms with Crippen LogP contribution in [0.1, 0.15) is 81.4 Å². The lowest BCUT2D eigenvalue weighted by Gasteiger charge is -2.51. The summed E-state index contributed by atoms with van der Waals surface area (Å²) in [5.74, 6) is 2.26. The summed E-state index contributed by atoms with van der Waals surface area (Å²) < 4.78 is 20.0. The summed E-state index contributed by atoms with van der Waals surface area (Å²) in [4.78, 5) is 13.3. The Morgan fingerprint density at radius 3 is 2.30 bits per heavy atom. The fourth-order valence-corrected chi connectivity index (χ4v) is 10.2. The van der Waals surface area contributed by atoms with Gasteiger partial charge in [-0.3, -0.25) is 4.79 Å². The van der Waals surface area contributed by atoms with E-state index < -0.39 is 8.56 Å². The van der Waals surface area contributed by atoms with Crippen molar-refractivity contribution in [1.82, 2.24) is 0 Å². The number of hydrogen-bond acceptors (Lipinski definition) is 5. The number of benzene rings is 2. The van der Waals surface area contributed by atoms with E-state index in [1.165, 1.54) is 0 Å². The van der Waals surface area contributed by atoms with Gasteiger partial charge >= 0.3 is 8.56 Å². The van der Waals surface area contributed by atoms with Crippen LogP contribution in [0.25, 0.3) is 16.8 Å². The summed E-state index contributed by atoms with van der Waals surface area (Å²) in [5, 5.41) is 10.7. The van der Waals surface area contributed by atoms with Gasteiger partial charge in [-0.2, -0.15) is 0 Å². The summed E-state index contributed by atoms with van der Waals surface area (Å²) in [6.45, 7) is 15.0. The molecule has 5 nitrogen and oxygen atoms in total. The first-order valence-electron chi connectivity index (χ1n) is 11.8. The molecule has 1 aliphatic heterocycles. The van der Waals surface area contributed by atoms with E-state index in [2.05, 4.69) is 47.6 Å². The van der Waals surface area contributed by atoms with Gasteiger partial charge in [-0.05, 0) is 31.4 Å². The first kappa shape index (κ1) is 23.8. The largest absolute Gasteiger partial charge is 0.510 e. The predicted molar refractivity (Wildman–Crippen MR) is 135 cm³/mol. The maximum absolute atomic E-state index is 13.3. The molecule has 4 rings (SSSR count). The van der Waals surface area contributed by atoms with E-state index in [9.17, 15) is 9.90 Å². The topological polar surface area (TPSA) is 65.0 Å². The minimum absolute atomic E-state index is 0.0621. The number of carbonyl (C=O) groups excluding carboxylic acids is 1. The number of fused-ring (bicyclic) bond motifs is 2. The van der Waals surface area contributed by atoms with Crippen molar-refractivity contribution in [3.05, 3.63) is 34.4 Å². The molecule has 0 radical (unpaired) electrons. The smallest absolute Gasteiger partial charge is 0.471 e. The van der Waals surface area contributed by atoms with E-state index in [4.69, 9.17) is 13.6 Å². The molecule has 0 spiro atoms. The molecule has 0 aromatic heterocycles. The van der Waals surface area contributed by atoms with Gasteiger partial charge in [-0.25, -0.2) is 0 Å². The number of methoxy groups -OCH3 is 1. The maximum Gasteiger partial charge on any atom is 0.471 e. The van der Waals surface area contributed by atoms with Crippen LogP contribution in [0.2, 0.25) is 10.1 Å². The average molecular weight is 469 g/mol. The van der Waals surface area contributed by atoms with Crippen LogP contribution in [0.3, 0.4) is 0 Å². The predicted octanol–water partition coefficient (Wildman–Crippen LogP) is 6.49. The molecule has 178 valence electrons. The third-order valence-corrected chi connectivity index (χ3v) is 11.9. The summed E-state index contributed by atoms with van der Waals surface area (Å²) in [6, 6.07) is 2.09. The van der Waals surface area contributed by atoms with Crippen LogP contribution in [-0.2, 0) is 6.42 Å². The molecule has 2 aromatic rings. The first-order chi connectivity index (χ1) is 15.4. The highest BCUT2D eigenvalue weighted by atomic mass is 28.4. The summed E-state index contributed by atoms with van der Waals surface area (Å²) in [6.07, 6.45) is 5.75. The maximum atomic E-state index is 13.3. The third-order valence-electron chi connectivity index (χ3n) is 6.97. The van der Waals surface area contributed by atoms with Crippen molar-refractivity contribution in [1.29, 1.82) is 0 Å². The van der Waals surface area contributed by atoms with Crippen LogP contribution >= 0.6 is 0 Å². The van der Waals surface area contributed by atoms with Crippen LogP contribution in [0, 0.1) is 6.92 Å². The van der Waals surface area contributed by atoms with Gasteiger partial charge in [0.05, 0.1) is 24.7 Å². The molecule has 1 N–H and O–H groups in total. The van der Waals surface area contributed by atoms with Gasteiger partial charge in [-0.1, -0.05) is 53.7 Å². The summed E-state index contributed by atoms with van der Waals surface area (Å²) in [5.41, 5.74) is 3.56. The Bertz CT molecular complexity index is 1150. The molecule has 6 heteroatoms. The Balaban J connectivity index is 2.23. The Morgan fingerprint density at radius 2 is 1.73 bits per heavy atom. The minimum Gasteiger partial charge on any atom is -0.510 e. The number of hydrogen-bond donors (Lipinski definition) is 1. The third kappa shape index (κ3) is 3.41. The molecule has 0 fully saturated rings. The van der Waals surface area contributed by atoms with Crippen LogP contribution in [-0.4, -0.2) is 33.2 Å². The number of ketones is 1. The van der Waals surface area contributed by atoms with Crippen LogP contribution in [0.4, 0.5) is 0 Å². The SMILES string of the molecule is COc1c2c(c3c4c(c(/C=C/CO)c(C)cc14)O[Si](C(C)(C)C)(C(C)(C)C)O3)C(=O)CCC2. The molecule has 0 saturated heterocycles. The van der Waals surface area contributed by atoms with Crippen molar-refractivity contribution in [3.63, 3.8) is 0 Å². The quantitative estimate of drug-likeness (QED) is 0.521. The van der Waals surface area contributed by atoms with Gasteiger partial charge in [0, 0.05) is 33.0 Å². The summed E-state index contributed by atoms with van der Waals surface area (Å²) >= 11 is 0. The highest BCUT2D eigenvalue weighted by molar-refractivity contribution is 6.75. The lowest BCUT2D eigenvalue weighted by molar-refractivity contribution is 0.0969. The van der Waals surface area contributed by atoms with Gasteiger partial charge in [0.25, 0.3) is 0 Å². The monoisotopic (exact) mass is 468 g/mol. The second-order valence-electron chi connectivity index (χ2n) is 11.3. The Morgan fingerprint density at radius 1 is 1.09 bits per heavy atom. The molecule has 0 unspecified atom stereocenters. The number of rotatable bonds is 3. The molecule has 2 aliphatic rings. The molecular weight excluding hydrogens is 432 g/mol. The van der Waals surface area contributed by atoms with E-state index >= 15 is 0 Å². The van der Waals surface area contributed by atoms with E-state index in [-0.39, 0.29) is 22.5 Å². The fraction of sp³-hybridized carbons (Fsp3) is 0.519. The van der Waals surface area contributed by atoms with E-state index in [1.54, 1.807) is 13.2 Å². The molecule has 2 aromatic carbocycles. The zero-order chi connectivity index (χ0) is 24.3. The van der Waals surface area contributed by atoms with Crippen LogP contribution in [0.15, 0.2) is 12.1 Å². The second kappa shape index (κ2) is 7.88. The van der Waals surface area contributed by atoms with E-state index in [0.29, 0.717) is 17.7 Å². The van der Waals surface area contributed by atoms with Crippen LogP contribution in [0.5, 0.6) is 17.2 Å². The lowest BCUT2D eigenvalue weighted by atomic mass is 9.85. The number of carbonyl (C=O) groups is 1. The normalized spacial score (nSPS) is 17.7. The van der Waals surface area contributed by atoms with Crippen molar-refractivity contribution in [2.75, 3.05) is 13.7 Å². The molecule has 0 amide bonds. The highest BCUT2D eigenvalue weighted by Crippen LogP contribution is 2.60. The molecule has 0 atom stereocenters. The molecule has 0 saturated carbocycles. The van der Waals surface area contributed by atoms with Gasteiger partial charge in [-0.15, -0.1) is 0 Å². The Hall–Kier alpha value is -2.31. The van der Waals surface area contributed by atoms with E-state index in [0.717, 1.165) is 51.8 Å². The highest BCUT2D eigenvalue weighted by Gasteiger charge is 2.64. The Kier molecular flexibility index (Phi) is 5.69. The van der Waals surface area contributed by atoms with Gasteiger partial charge in [0.1, 0.15) is 17.2 Å². The van der Waals surface area contributed by atoms with E-state index in [1.807, 2.05) is 13.0 Å². The molecule has 1 aliphatic carbocycles. The lowest BCUT2D eigenvalue weighted by Crippen LogP contribution is -2.63. The van der Waals surface area contributed by atoms with Crippen molar-refractivity contribution >= 4 is 31.2 Å².